The molecule has 0 aliphatic carbocycles. The first-order valence-corrected chi connectivity index (χ1v) is 29.5. The zero-order valence-corrected chi connectivity index (χ0v) is 45.1. The number of ether oxygens (including phenoxy) is 5. The summed E-state index contributed by atoms with van der Waals surface area (Å²) in [6.45, 7) is 0.357. The number of rotatable bonds is 22. The minimum absolute atomic E-state index is 0.00193. The van der Waals surface area contributed by atoms with Crippen LogP contribution in [-0.2, 0) is 71.2 Å². The van der Waals surface area contributed by atoms with Crippen LogP contribution < -0.4 is 32.9 Å². The van der Waals surface area contributed by atoms with Gasteiger partial charge in [-0.25, -0.2) is 38.2 Å². The van der Waals surface area contributed by atoms with Gasteiger partial charge in [-0.3, -0.25) is 46.9 Å². The molecule has 0 aromatic carbocycles. The van der Waals surface area contributed by atoms with Gasteiger partial charge in [-0.2, -0.15) is 13.6 Å². The Labute approximate surface area is 441 Å². The molecule has 0 saturated carbocycles. The second kappa shape index (κ2) is 22.3. The van der Waals surface area contributed by atoms with E-state index in [1.165, 1.54) is 27.1 Å². The molecule has 9 rings (SSSR count). The van der Waals surface area contributed by atoms with Gasteiger partial charge in [0.2, 0.25) is 17.7 Å². The number of fused-ring (bicyclic) bond motifs is 3. The molecule has 9 heterocycles. The lowest BCUT2D eigenvalue weighted by Gasteiger charge is -2.28. The highest BCUT2D eigenvalue weighted by molar-refractivity contribution is 7.66. The van der Waals surface area contributed by atoms with Gasteiger partial charge in [0, 0.05) is 19.6 Å². The SMILES string of the molecule is CO[C@@H]1[C@H](P(=O)(O)OC[C@H]2O[C@@H](n3cnc4c(=O)[nH]c(N)nc43)[C@H](O)[C@@H]2O)[C@@H](COP(=O)(O)OP(=O)(O)OP(=O)(O)OC[C@H]2O[C@@H]([n+]3cn(C)c4c(=O)[nH]c(N)nc43)[C@H](O)[C@@H]2CCOC(C)C)O[C@H]1n1cnc2c(N)ncnc21. The number of phosphoric ester groups is 2. The molecule has 434 valence electrons. The number of methoxy groups -OCH3 is 1. The van der Waals surface area contributed by atoms with Gasteiger partial charge in [0.25, 0.3) is 17.1 Å². The summed E-state index contributed by atoms with van der Waals surface area (Å²) >= 11 is 0. The molecule has 0 bridgehead atoms. The molecule has 3 aliphatic rings. The van der Waals surface area contributed by atoms with Crippen LogP contribution >= 0.6 is 31.1 Å². The van der Waals surface area contributed by atoms with Crippen molar-refractivity contribution in [3.8, 4) is 0 Å². The van der Waals surface area contributed by atoms with Crippen molar-refractivity contribution in [3.05, 3.63) is 46.0 Å². The molecule has 3 saturated heterocycles. The van der Waals surface area contributed by atoms with E-state index in [0.717, 1.165) is 30.7 Å². The van der Waals surface area contributed by atoms with E-state index in [1.54, 1.807) is 13.8 Å². The van der Waals surface area contributed by atoms with E-state index >= 15 is 0 Å². The topological polar surface area (TPSA) is 542 Å². The summed E-state index contributed by atoms with van der Waals surface area (Å²) in [6.07, 6.45) is -11.3. The van der Waals surface area contributed by atoms with Crippen molar-refractivity contribution in [2.75, 3.05) is 50.7 Å². The van der Waals surface area contributed by atoms with Crippen LogP contribution in [0.5, 0.6) is 0 Å². The summed E-state index contributed by atoms with van der Waals surface area (Å²) in [7, 11) is -20.7. The fourth-order valence-corrected chi connectivity index (χ4v) is 14.6. The van der Waals surface area contributed by atoms with Crippen molar-refractivity contribution in [1.29, 1.82) is 0 Å². The Bertz CT molecular complexity index is 3560. The van der Waals surface area contributed by atoms with E-state index in [0.29, 0.717) is 0 Å². The normalized spacial score (nSPS) is 29.6. The van der Waals surface area contributed by atoms with E-state index in [4.69, 9.17) is 54.5 Å². The number of hydrogen-bond acceptors (Lipinski definition) is 28. The second-order valence-electron chi connectivity index (χ2n) is 18.4. The van der Waals surface area contributed by atoms with E-state index < -0.39 is 135 Å². The maximum Gasteiger partial charge on any atom is 0.490 e. The van der Waals surface area contributed by atoms with Crippen LogP contribution in [0.2, 0.25) is 0 Å². The van der Waals surface area contributed by atoms with E-state index in [-0.39, 0.29) is 70.3 Å². The van der Waals surface area contributed by atoms with Gasteiger partial charge in [0.1, 0.15) is 54.1 Å². The molecular formula is C37H54N15O23P4+. The van der Waals surface area contributed by atoms with Gasteiger partial charge in [0.15, 0.2) is 41.4 Å². The number of nitrogen functional groups attached to an aromatic ring is 3. The maximum atomic E-state index is 14.5. The van der Waals surface area contributed by atoms with Crippen LogP contribution in [0.1, 0.15) is 39.0 Å². The fraction of sp³-hybridized carbons (Fsp3) is 0.595. The first kappa shape index (κ1) is 58.5. The van der Waals surface area contributed by atoms with Crippen LogP contribution in [0, 0.1) is 5.92 Å². The molecule has 15 N–H and O–H groups in total. The minimum atomic E-state index is -6.20. The summed E-state index contributed by atoms with van der Waals surface area (Å²) in [6, 6.07) is 0. The van der Waals surface area contributed by atoms with Gasteiger partial charge in [-0.1, -0.05) is 4.98 Å². The largest absolute Gasteiger partial charge is 0.490 e. The molecule has 3 aliphatic heterocycles. The zero-order valence-electron chi connectivity index (χ0n) is 41.5. The molecule has 42 heteroatoms. The zero-order chi connectivity index (χ0) is 57.3. The van der Waals surface area contributed by atoms with Crippen LogP contribution in [0.15, 0.2) is 34.9 Å². The molecule has 0 spiro atoms. The van der Waals surface area contributed by atoms with Crippen molar-refractivity contribution in [1.82, 2.24) is 53.6 Å². The highest BCUT2D eigenvalue weighted by Gasteiger charge is 2.58. The lowest BCUT2D eigenvalue weighted by Crippen LogP contribution is -2.45. The molecule has 3 fully saturated rings. The monoisotopic (exact) mass is 1200 g/mol. The molecule has 38 nitrogen and oxygen atoms in total. The third kappa shape index (κ3) is 12.0. The number of H-pyrrole nitrogens is 2. The Morgan fingerprint density at radius 1 is 0.734 bits per heavy atom. The number of aromatic nitrogens is 12. The van der Waals surface area contributed by atoms with Gasteiger partial charge >= 0.3 is 36.7 Å². The lowest BCUT2D eigenvalue weighted by atomic mass is 9.95. The molecule has 6 aromatic heterocycles. The molecule has 0 amide bonds. The number of aryl methyl sites for hydroxylation is 1. The van der Waals surface area contributed by atoms with Crippen molar-refractivity contribution < 1.29 is 104 Å². The van der Waals surface area contributed by atoms with Gasteiger partial charge < -0.3 is 80.3 Å². The third-order valence-corrected chi connectivity index (χ3v) is 19.0. The third-order valence-electron chi connectivity index (χ3n) is 12.8. The molecule has 79 heavy (non-hydrogen) atoms. The van der Waals surface area contributed by atoms with Crippen molar-refractivity contribution >= 4 is 82.3 Å². The average molecular weight is 1200 g/mol. The predicted molar refractivity (Wildman–Crippen MR) is 261 cm³/mol. The van der Waals surface area contributed by atoms with E-state index in [2.05, 4.69) is 48.5 Å². The summed E-state index contributed by atoms with van der Waals surface area (Å²) in [5.41, 5.74) is 13.9. The Balaban J connectivity index is 0.891. The highest BCUT2D eigenvalue weighted by atomic mass is 31.3. The fourth-order valence-electron chi connectivity index (χ4n) is 9.37. The predicted octanol–water partition coefficient (Wildman–Crippen LogP) is -2.57. The number of aliphatic hydroxyl groups excluding tert-OH is 3. The standard InChI is InChI=1S/C37H53N15O23P4/c1-14(2)67-6-5-15-16(71-33(22(15)53)52-13-49(3)21-30(52)46-37(40)48-32(21)57)7-69-77(60,61)74-79(64,65)75-78(62,63)70-9-18-26(25(66-4)35(73-18)50-11-43-19-27(38)41-10-42-28(19)50)76(58,59)68-8-17-23(54)24(55)34(72-17)51-12-44-20-29(51)45-36(39)47-31(20)56/h10-18,22-26,33-35,53-55H,5-9H2,1-4H3,(H11-,38,39,40,41,42,45,46,47,48,56,57,58,59,60,61,62,63,64,65)/p+1/t15-,16-,17-,18-,22-,23-,24-,25-,26-,33-,34-,35-/m1/s1. The lowest BCUT2D eigenvalue weighted by molar-refractivity contribution is -0.745. The summed E-state index contributed by atoms with van der Waals surface area (Å²) in [4.78, 5) is 97.7. The smallest absolute Gasteiger partial charge is 0.387 e. The van der Waals surface area contributed by atoms with Gasteiger partial charge in [-0.15, -0.1) is 0 Å². The van der Waals surface area contributed by atoms with Gasteiger partial charge in [0.05, 0.1) is 51.7 Å². The molecule has 0 radical (unpaired) electrons. The Kier molecular flexibility index (Phi) is 16.5. The van der Waals surface area contributed by atoms with Gasteiger partial charge in [-0.05, 0) is 20.3 Å². The van der Waals surface area contributed by atoms with Crippen LogP contribution in [0.25, 0.3) is 33.5 Å². The Morgan fingerprint density at radius 2 is 1.34 bits per heavy atom. The first-order valence-electron chi connectivity index (χ1n) is 23.3. The van der Waals surface area contributed by atoms with Crippen molar-refractivity contribution in [2.45, 2.75) is 93.4 Å². The Morgan fingerprint density at radius 3 is 2.01 bits per heavy atom. The first-order chi connectivity index (χ1) is 37.1. The average Bonchev–Trinajstić information content (AvgIpc) is 4.43. The summed E-state index contributed by atoms with van der Waals surface area (Å²) in [5, 5.41) is 33.5. The number of aliphatic hydroxyl groups is 3. The molecule has 16 atom stereocenters. The van der Waals surface area contributed by atoms with E-state index in [1.807, 2.05) is 0 Å². The van der Waals surface area contributed by atoms with Crippen molar-refractivity contribution in [3.63, 3.8) is 0 Å². The Hall–Kier alpha value is -5.11. The minimum Gasteiger partial charge on any atom is -0.387 e. The molecular weight excluding hydrogens is 1150 g/mol. The summed E-state index contributed by atoms with van der Waals surface area (Å²) in [5.74, 6) is -1.61. The highest BCUT2D eigenvalue weighted by Crippen LogP contribution is 2.68. The number of aromatic amines is 2. The summed E-state index contributed by atoms with van der Waals surface area (Å²) < 4.78 is 113. The number of imidazole rings is 3. The number of phosphoric acid groups is 3. The number of nitrogens with one attached hydrogen (secondary N) is 2. The molecule has 6 aromatic rings. The van der Waals surface area contributed by atoms with Crippen molar-refractivity contribution in [2.24, 2.45) is 13.0 Å². The second-order valence-corrected chi connectivity index (χ2v) is 25.0. The van der Waals surface area contributed by atoms with Crippen LogP contribution in [-0.4, -0.2) is 176 Å². The number of anilines is 3. The number of nitrogens with zero attached hydrogens (tertiary/aromatic N) is 10. The maximum absolute atomic E-state index is 14.5. The van der Waals surface area contributed by atoms with E-state index in [9.17, 15) is 62.7 Å². The van der Waals surface area contributed by atoms with Crippen LogP contribution in [0.4, 0.5) is 17.7 Å². The quantitative estimate of drug-likeness (QED) is 0.0245. The number of nitrogens with two attached hydrogens (primary N) is 3. The molecule has 4 unspecified atom stereocenters. The number of hydrogen-bond donors (Lipinski definition) is 12. The van der Waals surface area contributed by atoms with Crippen LogP contribution in [0.3, 0.4) is 0 Å².